The maximum absolute atomic E-state index is 7.79. The van der Waals surface area contributed by atoms with Crippen molar-refractivity contribution in [1.29, 1.82) is 0 Å². The minimum Gasteiger partial charge on any atom is -0.367 e. The van der Waals surface area contributed by atoms with Crippen molar-refractivity contribution in [3.63, 3.8) is 0 Å². The summed E-state index contributed by atoms with van der Waals surface area (Å²) in [5.41, 5.74) is 4.67. The highest BCUT2D eigenvalue weighted by Crippen LogP contribution is 1.58. The molecule has 0 aromatic rings. The lowest BCUT2D eigenvalue weighted by molar-refractivity contribution is -0.0309. The Morgan fingerprint density at radius 2 is 1.71 bits per heavy atom. The molecule has 4 N–H and O–H groups in total. The predicted octanol–water partition coefficient (Wildman–Crippen LogP) is -0.733. The maximum Gasteiger partial charge on any atom is 0.163 e. The molecule has 0 atom stereocenters. The van der Waals surface area contributed by atoms with Crippen LogP contribution in [0.25, 0.3) is 0 Å². The van der Waals surface area contributed by atoms with Gasteiger partial charge < -0.3 is 15.9 Å². The van der Waals surface area contributed by atoms with E-state index in [-0.39, 0.29) is 6.54 Å². The minimum absolute atomic E-state index is 0.0833. The Bertz CT molecular complexity index is 26.9. The van der Waals surface area contributed by atoms with Crippen LogP contribution in [0, 0.1) is 0 Å². The van der Waals surface area contributed by atoms with E-state index in [0.717, 1.165) is 0 Å². The van der Waals surface area contributed by atoms with Crippen LogP contribution >= 0.6 is 15.9 Å². The molecule has 4 heteroatoms. The van der Waals surface area contributed by atoms with Crippen LogP contribution in [-0.2, 0) is 0 Å². The molecule has 0 amide bonds. The molecule has 0 bridgehead atoms. The lowest BCUT2D eigenvalue weighted by Gasteiger charge is -1.90. The van der Waals surface area contributed by atoms with E-state index in [4.69, 9.17) is 10.2 Å². The smallest absolute Gasteiger partial charge is 0.163 e. The zero-order chi connectivity index (χ0) is 6.28. The number of aliphatic hydroxyl groups excluding tert-OH is 1. The van der Waals surface area contributed by atoms with Crippen molar-refractivity contribution in [2.45, 2.75) is 6.29 Å². The third kappa shape index (κ3) is 21.7. The van der Waals surface area contributed by atoms with Gasteiger partial charge in [-0.05, 0) is 5.83 Å². The Balaban J connectivity index is 0. The highest BCUT2D eigenvalue weighted by Gasteiger charge is 1.83. The summed E-state index contributed by atoms with van der Waals surface area (Å²) in [7, 11) is 0. The Morgan fingerprint density at radius 3 is 1.71 bits per heavy atom. The van der Waals surface area contributed by atoms with Crippen LogP contribution in [0.5, 0.6) is 0 Å². The number of alkyl halides is 1. The first-order chi connectivity index (χ1) is 3.27. The summed E-state index contributed by atoms with van der Waals surface area (Å²) in [6.45, 7) is -0.0833. The van der Waals surface area contributed by atoms with Crippen molar-refractivity contribution >= 4 is 15.9 Å². The monoisotopic (exact) mass is 171 g/mol. The molecule has 0 unspecified atom stereocenters. The summed E-state index contributed by atoms with van der Waals surface area (Å²) in [5.74, 6) is 1.81. The Kier molecular flexibility index (Phi) is 14.2. The van der Waals surface area contributed by atoms with E-state index in [0.29, 0.717) is 0 Å². The minimum atomic E-state index is -1.34. The van der Waals surface area contributed by atoms with Crippen molar-refractivity contribution in [1.82, 2.24) is 0 Å². The van der Waals surface area contributed by atoms with E-state index in [1.165, 1.54) is 0 Å². The molecular formula is C3H10BrNO2. The predicted molar refractivity (Wildman–Crippen MR) is 32.1 cm³/mol. The average Bonchev–Trinajstić information content (AvgIpc) is 1.73. The number of hydrogen-bond acceptors (Lipinski definition) is 3. The summed E-state index contributed by atoms with van der Waals surface area (Å²) >= 11 is 2.94. The molecule has 3 nitrogen and oxygen atoms in total. The van der Waals surface area contributed by atoms with E-state index in [1.807, 2.05) is 5.83 Å². The fourth-order valence-electron chi connectivity index (χ4n) is 0. The van der Waals surface area contributed by atoms with E-state index in [9.17, 15) is 0 Å². The zero-order valence-electron chi connectivity index (χ0n) is 4.13. The molecule has 0 aliphatic heterocycles. The van der Waals surface area contributed by atoms with Gasteiger partial charge in [0.15, 0.2) is 6.29 Å². The van der Waals surface area contributed by atoms with Crippen LogP contribution in [0.1, 0.15) is 0 Å². The van der Waals surface area contributed by atoms with Gasteiger partial charge in [-0.25, -0.2) is 0 Å². The molecule has 46 valence electrons. The summed E-state index contributed by atoms with van der Waals surface area (Å²) in [5, 5.41) is 15.6. The van der Waals surface area contributed by atoms with Crippen LogP contribution in [0.4, 0.5) is 0 Å². The van der Waals surface area contributed by atoms with E-state index in [1.54, 1.807) is 0 Å². The van der Waals surface area contributed by atoms with Crippen molar-refractivity contribution in [2.24, 2.45) is 5.73 Å². The first-order valence-corrected chi connectivity index (χ1v) is 3.30. The lowest BCUT2D eigenvalue weighted by Crippen LogP contribution is -2.17. The van der Waals surface area contributed by atoms with Crippen LogP contribution in [0.2, 0.25) is 0 Å². The van der Waals surface area contributed by atoms with E-state index in [2.05, 4.69) is 21.7 Å². The van der Waals surface area contributed by atoms with Crippen LogP contribution < -0.4 is 5.73 Å². The van der Waals surface area contributed by atoms with Gasteiger partial charge in [0.05, 0.1) is 0 Å². The van der Waals surface area contributed by atoms with Crippen molar-refractivity contribution in [3.05, 3.63) is 0 Å². The van der Waals surface area contributed by atoms with Gasteiger partial charge in [0, 0.05) is 6.54 Å². The van der Waals surface area contributed by atoms with E-state index < -0.39 is 6.29 Å². The Morgan fingerprint density at radius 1 is 1.57 bits per heavy atom. The fraction of sp³-hybridized carbons (Fsp3) is 1.00. The number of nitrogens with two attached hydrogens (primary N) is 1. The molecule has 0 rings (SSSR count). The van der Waals surface area contributed by atoms with Crippen LogP contribution in [0.15, 0.2) is 0 Å². The summed E-state index contributed by atoms with van der Waals surface area (Å²) in [6.07, 6.45) is -1.34. The summed E-state index contributed by atoms with van der Waals surface area (Å²) < 4.78 is 0. The third-order valence-electron chi connectivity index (χ3n) is 0.211. The number of hydrogen-bond donors (Lipinski definition) is 3. The number of rotatable bonds is 1. The quantitative estimate of drug-likeness (QED) is 0.360. The molecule has 0 heterocycles. The van der Waals surface area contributed by atoms with Gasteiger partial charge in [-0.3, -0.25) is 0 Å². The molecule has 0 spiro atoms. The van der Waals surface area contributed by atoms with Crippen molar-refractivity contribution in [3.8, 4) is 0 Å². The molecule has 7 heavy (non-hydrogen) atoms. The summed E-state index contributed by atoms with van der Waals surface area (Å²) in [4.78, 5) is 0. The van der Waals surface area contributed by atoms with Gasteiger partial charge in [-0.1, -0.05) is 15.9 Å². The van der Waals surface area contributed by atoms with Gasteiger partial charge in [0.1, 0.15) is 0 Å². The van der Waals surface area contributed by atoms with Gasteiger partial charge in [-0.15, -0.1) is 0 Å². The second kappa shape index (κ2) is 9.61. The van der Waals surface area contributed by atoms with Crippen LogP contribution in [-0.4, -0.2) is 28.9 Å². The van der Waals surface area contributed by atoms with Crippen molar-refractivity contribution in [2.75, 3.05) is 12.4 Å². The second-order valence-corrected chi connectivity index (χ2v) is 0.716. The molecule has 0 aromatic carbocycles. The molecular weight excluding hydrogens is 162 g/mol. The molecule has 0 aliphatic carbocycles. The third-order valence-corrected chi connectivity index (χ3v) is 0.211. The SMILES string of the molecule is CBr.NCC(O)O. The topological polar surface area (TPSA) is 66.5 Å². The molecule has 0 radical (unpaired) electrons. The first-order valence-electron chi connectivity index (χ1n) is 1.71. The largest absolute Gasteiger partial charge is 0.367 e. The van der Waals surface area contributed by atoms with Gasteiger partial charge in [-0.2, -0.15) is 0 Å². The fourth-order valence-corrected chi connectivity index (χ4v) is 0. The molecule has 0 aromatic heterocycles. The van der Waals surface area contributed by atoms with Gasteiger partial charge in [0.25, 0.3) is 0 Å². The number of halogens is 1. The maximum atomic E-state index is 7.79. The van der Waals surface area contributed by atoms with Gasteiger partial charge in [0.2, 0.25) is 0 Å². The first kappa shape index (κ1) is 10.4. The average molecular weight is 172 g/mol. The van der Waals surface area contributed by atoms with Crippen LogP contribution in [0.3, 0.4) is 0 Å². The number of aliphatic hydroxyl groups is 2. The summed E-state index contributed by atoms with van der Waals surface area (Å²) in [6, 6.07) is 0. The second-order valence-electron chi connectivity index (χ2n) is 0.716. The molecule has 0 saturated heterocycles. The Labute approximate surface area is 51.3 Å². The highest BCUT2D eigenvalue weighted by molar-refractivity contribution is 9.08. The normalized spacial score (nSPS) is 7.71. The highest BCUT2D eigenvalue weighted by atomic mass is 79.9. The molecule has 0 fully saturated rings. The van der Waals surface area contributed by atoms with E-state index >= 15 is 0 Å². The molecule has 0 aliphatic rings. The standard InChI is InChI=1S/C2H7NO2.CH3Br/c3-1-2(4)5;1-2/h2,4-5H,1,3H2;1H3. The zero-order valence-corrected chi connectivity index (χ0v) is 5.72. The lowest BCUT2D eigenvalue weighted by atomic mass is 10.7. The van der Waals surface area contributed by atoms with Gasteiger partial charge >= 0.3 is 0 Å². The van der Waals surface area contributed by atoms with Crippen molar-refractivity contribution < 1.29 is 10.2 Å². The Hall–Kier alpha value is 0.360. The molecule has 0 saturated carbocycles.